The van der Waals surface area contributed by atoms with Crippen LogP contribution in [0, 0.1) is 11.3 Å². The Morgan fingerprint density at radius 3 is 2.50 bits per heavy atom. The number of hydrogen-bond donors (Lipinski definition) is 1. The molecule has 0 bridgehead atoms. The van der Waals surface area contributed by atoms with Crippen molar-refractivity contribution in [1.82, 2.24) is 14.8 Å². The number of hydrogen-bond acceptors (Lipinski definition) is 3. The van der Waals surface area contributed by atoms with Gasteiger partial charge in [-0.2, -0.15) is 5.26 Å². The van der Waals surface area contributed by atoms with Crippen molar-refractivity contribution < 1.29 is 4.79 Å². The molecule has 1 aromatic heterocycles. The highest BCUT2D eigenvalue weighted by Gasteiger charge is 2.22. The summed E-state index contributed by atoms with van der Waals surface area (Å²) in [5.41, 5.74) is 2.26. The average molecular weight is 350 g/mol. The van der Waals surface area contributed by atoms with E-state index in [1.165, 1.54) is 31.2 Å². The third-order valence-electron chi connectivity index (χ3n) is 5.09. The van der Waals surface area contributed by atoms with Gasteiger partial charge in [-0.15, -0.1) is 0 Å². The summed E-state index contributed by atoms with van der Waals surface area (Å²) in [6.07, 6.45) is 6.66. The number of benzene rings is 1. The van der Waals surface area contributed by atoms with Gasteiger partial charge < -0.3 is 9.88 Å². The lowest BCUT2D eigenvalue weighted by Gasteiger charge is -2.31. The Morgan fingerprint density at radius 1 is 1.19 bits per heavy atom. The van der Waals surface area contributed by atoms with Crippen molar-refractivity contribution in [3.63, 3.8) is 0 Å². The van der Waals surface area contributed by atoms with Gasteiger partial charge in [0.1, 0.15) is 11.8 Å². The van der Waals surface area contributed by atoms with Crippen LogP contribution in [-0.2, 0) is 7.05 Å². The SMILES string of the molecule is Cn1cc(C#N)cc1C(=O)NC[C@@H](c1ccccc1)N1CCCCCC1. The molecule has 1 saturated heterocycles. The molecule has 1 aliphatic rings. The fraction of sp³-hybridized carbons (Fsp3) is 0.429. The number of amides is 1. The Labute approximate surface area is 155 Å². The van der Waals surface area contributed by atoms with Crippen molar-refractivity contribution in [3.05, 3.63) is 59.4 Å². The lowest BCUT2D eigenvalue weighted by Crippen LogP contribution is -2.39. The first kappa shape index (κ1) is 18.2. The van der Waals surface area contributed by atoms with Crippen molar-refractivity contribution in [1.29, 1.82) is 5.26 Å². The van der Waals surface area contributed by atoms with Crippen molar-refractivity contribution in [2.75, 3.05) is 19.6 Å². The molecular weight excluding hydrogens is 324 g/mol. The van der Waals surface area contributed by atoms with Gasteiger partial charge in [0.25, 0.3) is 5.91 Å². The number of likely N-dealkylation sites (tertiary alicyclic amines) is 1. The maximum atomic E-state index is 12.6. The first-order chi connectivity index (χ1) is 12.7. The Hall–Kier alpha value is -2.58. The Bertz CT molecular complexity index is 767. The molecule has 136 valence electrons. The van der Waals surface area contributed by atoms with E-state index >= 15 is 0 Å². The van der Waals surface area contributed by atoms with Gasteiger partial charge in [0.15, 0.2) is 0 Å². The molecule has 1 N–H and O–H groups in total. The zero-order chi connectivity index (χ0) is 18.4. The summed E-state index contributed by atoms with van der Waals surface area (Å²) in [6, 6.07) is 14.3. The highest BCUT2D eigenvalue weighted by molar-refractivity contribution is 5.93. The van der Waals surface area contributed by atoms with E-state index in [1.54, 1.807) is 23.9 Å². The third-order valence-corrected chi connectivity index (χ3v) is 5.09. The summed E-state index contributed by atoms with van der Waals surface area (Å²) in [4.78, 5) is 15.1. The number of nitrogens with zero attached hydrogens (tertiary/aromatic N) is 3. The number of carbonyl (C=O) groups excluding carboxylic acids is 1. The molecule has 0 unspecified atom stereocenters. The molecule has 1 aromatic carbocycles. The topological polar surface area (TPSA) is 61.1 Å². The van der Waals surface area contributed by atoms with Gasteiger partial charge in [0.05, 0.1) is 11.6 Å². The van der Waals surface area contributed by atoms with Crippen molar-refractivity contribution in [3.8, 4) is 6.07 Å². The molecule has 1 fully saturated rings. The number of carbonyl (C=O) groups is 1. The molecule has 5 heteroatoms. The number of nitriles is 1. The van der Waals surface area contributed by atoms with Crippen LogP contribution < -0.4 is 5.32 Å². The van der Waals surface area contributed by atoms with Crippen LogP contribution in [0.4, 0.5) is 0 Å². The van der Waals surface area contributed by atoms with Crippen LogP contribution in [0.2, 0.25) is 0 Å². The molecule has 26 heavy (non-hydrogen) atoms. The second-order valence-corrected chi connectivity index (χ2v) is 6.92. The summed E-state index contributed by atoms with van der Waals surface area (Å²) in [5, 5.41) is 12.1. The largest absolute Gasteiger partial charge is 0.349 e. The second-order valence-electron chi connectivity index (χ2n) is 6.92. The molecule has 2 heterocycles. The van der Waals surface area contributed by atoms with E-state index in [1.807, 2.05) is 6.07 Å². The lowest BCUT2D eigenvalue weighted by atomic mass is 10.0. The molecule has 0 aliphatic carbocycles. The number of aryl methyl sites for hydroxylation is 1. The lowest BCUT2D eigenvalue weighted by molar-refractivity contribution is 0.0925. The van der Waals surface area contributed by atoms with Gasteiger partial charge in [-0.25, -0.2) is 0 Å². The van der Waals surface area contributed by atoms with Crippen LogP contribution in [0.25, 0.3) is 0 Å². The summed E-state index contributed by atoms with van der Waals surface area (Å²) < 4.78 is 1.71. The quantitative estimate of drug-likeness (QED) is 0.900. The summed E-state index contributed by atoms with van der Waals surface area (Å²) in [5.74, 6) is -0.134. The Morgan fingerprint density at radius 2 is 1.88 bits per heavy atom. The minimum atomic E-state index is -0.134. The standard InChI is InChI=1S/C21H26N4O/c1-24-16-17(14-22)13-19(24)21(26)23-15-20(18-9-5-4-6-10-18)25-11-7-2-3-8-12-25/h4-6,9-10,13,16,20H,2-3,7-8,11-12,15H2,1H3,(H,23,26)/t20-/m0/s1. The predicted molar refractivity (Wildman–Crippen MR) is 102 cm³/mol. The van der Waals surface area contributed by atoms with E-state index in [0.29, 0.717) is 17.8 Å². The Balaban J connectivity index is 1.74. The van der Waals surface area contributed by atoms with Gasteiger partial charge in [-0.05, 0) is 37.6 Å². The molecule has 5 nitrogen and oxygen atoms in total. The van der Waals surface area contributed by atoms with Crippen LogP contribution in [-0.4, -0.2) is 35.0 Å². The van der Waals surface area contributed by atoms with Crippen LogP contribution in [0.5, 0.6) is 0 Å². The molecule has 0 saturated carbocycles. The van der Waals surface area contributed by atoms with Crippen LogP contribution >= 0.6 is 0 Å². The van der Waals surface area contributed by atoms with Crippen molar-refractivity contribution in [2.45, 2.75) is 31.7 Å². The zero-order valence-corrected chi connectivity index (χ0v) is 15.3. The van der Waals surface area contributed by atoms with Crippen molar-refractivity contribution in [2.24, 2.45) is 7.05 Å². The fourth-order valence-electron chi connectivity index (χ4n) is 3.67. The Kier molecular flexibility index (Phi) is 6.08. The monoisotopic (exact) mass is 350 g/mol. The normalized spacial score (nSPS) is 16.5. The van der Waals surface area contributed by atoms with E-state index in [-0.39, 0.29) is 11.9 Å². The molecule has 3 rings (SSSR count). The van der Waals surface area contributed by atoms with Gasteiger partial charge >= 0.3 is 0 Å². The van der Waals surface area contributed by atoms with E-state index in [0.717, 1.165) is 13.1 Å². The average Bonchev–Trinajstić information content (AvgIpc) is 2.86. The number of rotatable bonds is 5. The third kappa shape index (κ3) is 4.33. The minimum absolute atomic E-state index is 0.134. The molecule has 1 aliphatic heterocycles. The number of aromatic nitrogens is 1. The van der Waals surface area contributed by atoms with E-state index in [4.69, 9.17) is 5.26 Å². The molecule has 2 aromatic rings. The first-order valence-electron chi connectivity index (χ1n) is 9.32. The van der Waals surface area contributed by atoms with E-state index in [9.17, 15) is 4.79 Å². The first-order valence-corrected chi connectivity index (χ1v) is 9.32. The zero-order valence-electron chi connectivity index (χ0n) is 15.3. The molecular formula is C21H26N4O. The second kappa shape index (κ2) is 8.68. The van der Waals surface area contributed by atoms with Crippen LogP contribution in [0.3, 0.4) is 0 Å². The van der Waals surface area contributed by atoms with Gasteiger partial charge in [0, 0.05) is 19.8 Å². The summed E-state index contributed by atoms with van der Waals surface area (Å²) in [7, 11) is 1.79. The fourth-order valence-corrected chi connectivity index (χ4v) is 3.67. The van der Waals surface area contributed by atoms with Gasteiger partial charge in [-0.3, -0.25) is 9.69 Å². The smallest absolute Gasteiger partial charge is 0.268 e. The molecule has 0 radical (unpaired) electrons. The maximum absolute atomic E-state index is 12.6. The van der Waals surface area contributed by atoms with Crippen LogP contribution in [0.1, 0.15) is 53.3 Å². The maximum Gasteiger partial charge on any atom is 0.268 e. The van der Waals surface area contributed by atoms with Crippen LogP contribution in [0.15, 0.2) is 42.6 Å². The van der Waals surface area contributed by atoms with Crippen molar-refractivity contribution >= 4 is 5.91 Å². The molecule has 1 amide bonds. The van der Waals surface area contributed by atoms with Gasteiger partial charge in [-0.1, -0.05) is 43.2 Å². The van der Waals surface area contributed by atoms with E-state index in [2.05, 4.69) is 40.6 Å². The molecule has 0 spiro atoms. The molecule has 1 atom stereocenters. The number of nitrogens with one attached hydrogen (secondary N) is 1. The van der Waals surface area contributed by atoms with Gasteiger partial charge in [0.2, 0.25) is 0 Å². The minimum Gasteiger partial charge on any atom is -0.349 e. The summed E-state index contributed by atoms with van der Waals surface area (Å²) >= 11 is 0. The summed E-state index contributed by atoms with van der Waals surface area (Å²) in [6.45, 7) is 2.70. The predicted octanol–water partition coefficient (Wildman–Crippen LogP) is 3.24. The highest BCUT2D eigenvalue weighted by atomic mass is 16.1. The van der Waals surface area contributed by atoms with E-state index < -0.39 is 0 Å². The highest BCUT2D eigenvalue weighted by Crippen LogP contribution is 2.24.